The van der Waals surface area contributed by atoms with E-state index < -0.39 is 36.3 Å². The molecule has 3 amide bonds. The van der Waals surface area contributed by atoms with E-state index in [0.29, 0.717) is 24.9 Å². The highest BCUT2D eigenvalue weighted by molar-refractivity contribution is 5.92. The molecule has 1 aromatic carbocycles. The molecule has 0 saturated heterocycles. The third-order valence-corrected chi connectivity index (χ3v) is 5.16. The van der Waals surface area contributed by atoms with Gasteiger partial charge in [-0.15, -0.1) is 0 Å². The first kappa shape index (κ1) is 26.4. The number of ether oxygens (including phenoxy) is 1. The number of aromatic hydroxyl groups is 1. The fourth-order valence-corrected chi connectivity index (χ4v) is 3.50. The highest BCUT2D eigenvalue weighted by Crippen LogP contribution is 2.36. The van der Waals surface area contributed by atoms with Crippen LogP contribution in [0.4, 0.5) is 4.79 Å². The molecule has 1 aliphatic carbocycles. The fourth-order valence-electron chi connectivity index (χ4n) is 3.50. The van der Waals surface area contributed by atoms with E-state index in [1.165, 1.54) is 17.0 Å². The molecule has 0 radical (unpaired) electrons. The molecule has 9 heteroatoms. The van der Waals surface area contributed by atoms with Crippen LogP contribution in [0.3, 0.4) is 0 Å². The number of aliphatic hydroxyl groups excluding tert-OH is 1. The van der Waals surface area contributed by atoms with Crippen molar-refractivity contribution in [3.63, 3.8) is 0 Å². The monoisotopic (exact) mass is 463 g/mol. The molecule has 0 heterocycles. The third kappa shape index (κ3) is 8.24. The molecule has 1 fully saturated rings. The normalized spacial score (nSPS) is 15.3. The Balaban J connectivity index is 2.30. The topological polar surface area (TPSA) is 128 Å². The maximum Gasteiger partial charge on any atom is 0.408 e. The number of carbonyl (C=O) groups is 3. The molecule has 184 valence electrons. The molecule has 1 aliphatic rings. The summed E-state index contributed by atoms with van der Waals surface area (Å²) in [5, 5.41) is 25.2. The first-order chi connectivity index (χ1) is 15.6. The quantitative estimate of drug-likeness (QED) is 0.374. The molecule has 4 N–H and O–H groups in total. The van der Waals surface area contributed by atoms with Gasteiger partial charge in [0.2, 0.25) is 11.8 Å². The zero-order valence-electron chi connectivity index (χ0n) is 20.0. The van der Waals surface area contributed by atoms with Gasteiger partial charge >= 0.3 is 6.09 Å². The molecule has 1 saturated carbocycles. The zero-order chi connectivity index (χ0) is 24.6. The van der Waals surface area contributed by atoms with Gasteiger partial charge in [-0.25, -0.2) is 4.79 Å². The molecular formula is C24H37N3O6. The number of alkyl carbamates (subject to hydrolysis) is 1. The van der Waals surface area contributed by atoms with Crippen molar-refractivity contribution in [2.75, 3.05) is 13.2 Å². The predicted octanol–water partition coefficient (Wildman–Crippen LogP) is 2.62. The standard InChI is InChI=1S/C24H37N3O6/c1-5-6-7-13-25-21(30)20(16-9-8-10-18(29)14-16)27(17-11-12-17)22(31)19(15-28)26-23(32)33-24(2,3)4/h8-10,14,17,19-20,28-29H,5-7,11-13,15H2,1-4H3,(H,25,30)(H,26,32). The number of unbranched alkanes of at least 4 members (excludes halogenated alkanes) is 2. The SMILES string of the molecule is CCCCCNC(=O)C(c1cccc(O)c1)N(C(=O)C(CO)NC(=O)OC(C)(C)C)C1CC1. The Kier molecular flexibility index (Phi) is 9.52. The van der Waals surface area contributed by atoms with Crippen molar-refractivity contribution in [1.82, 2.24) is 15.5 Å². The van der Waals surface area contributed by atoms with Gasteiger partial charge in [0, 0.05) is 12.6 Å². The van der Waals surface area contributed by atoms with Crippen molar-refractivity contribution < 1.29 is 29.3 Å². The van der Waals surface area contributed by atoms with Gasteiger partial charge in [-0.3, -0.25) is 9.59 Å². The number of carbonyl (C=O) groups excluding carboxylic acids is 3. The van der Waals surface area contributed by atoms with Crippen molar-refractivity contribution in [3.8, 4) is 5.75 Å². The zero-order valence-corrected chi connectivity index (χ0v) is 20.0. The summed E-state index contributed by atoms with van der Waals surface area (Å²) in [6, 6.07) is 3.74. The summed E-state index contributed by atoms with van der Waals surface area (Å²) < 4.78 is 5.22. The van der Waals surface area contributed by atoms with Crippen LogP contribution < -0.4 is 10.6 Å². The van der Waals surface area contributed by atoms with Gasteiger partial charge in [-0.2, -0.15) is 0 Å². The van der Waals surface area contributed by atoms with E-state index in [0.717, 1.165) is 19.3 Å². The lowest BCUT2D eigenvalue weighted by molar-refractivity contribution is -0.144. The average Bonchev–Trinajstić information content (AvgIpc) is 3.56. The van der Waals surface area contributed by atoms with Gasteiger partial charge in [0.15, 0.2) is 0 Å². The summed E-state index contributed by atoms with van der Waals surface area (Å²) in [5.74, 6) is -0.973. The van der Waals surface area contributed by atoms with Crippen molar-refractivity contribution in [2.24, 2.45) is 0 Å². The summed E-state index contributed by atoms with van der Waals surface area (Å²) in [5.41, 5.74) is -0.316. The maximum atomic E-state index is 13.5. The van der Waals surface area contributed by atoms with Crippen LogP contribution in [0.15, 0.2) is 24.3 Å². The number of phenols is 1. The van der Waals surface area contributed by atoms with Gasteiger partial charge in [0.25, 0.3) is 0 Å². The van der Waals surface area contributed by atoms with Gasteiger partial charge in [0.05, 0.1) is 6.61 Å². The van der Waals surface area contributed by atoms with E-state index in [1.807, 2.05) is 0 Å². The number of amides is 3. The van der Waals surface area contributed by atoms with Crippen LogP contribution in [0.2, 0.25) is 0 Å². The van der Waals surface area contributed by atoms with E-state index in [-0.39, 0.29) is 17.7 Å². The van der Waals surface area contributed by atoms with E-state index in [9.17, 15) is 24.6 Å². The van der Waals surface area contributed by atoms with Crippen molar-refractivity contribution in [2.45, 2.75) is 83.5 Å². The maximum absolute atomic E-state index is 13.5. The van der Waals surface area contributed by atoms with Crippen LogP contribution >= 0.6 is 0 Å². The lowest BCUT2D eigenvalue weighted by atomic mass is 10.0. The second kappa shape index (κ2) is 11.9. The lowest BCUT2D eigenvalue weighted by Gasteiger charge is -2.34. The molecule has 0 aromatic heterocycles. The Morgan fingerprint density at radius 2 is 1.91 bits per heavy atom. The van der Waals surface area contributed by atoms with Crippen LogP contribution in [-0.4, -0.2) is 63.9 Å². The molecule has 0 spiro atoms. The van der Waals surface area contributed by atoms with Crippen molar-refractivity contribution in [1.29, 1.82) is 0 Å². The van der Waals surface area contributed by atoms with Crippen molar-refractivity contribution >= 4 is 17.9 Å². The summed E-state index contributed by atoms with van der Waals surface area (Å²) in [4.78, 5) is 40.4. The minimum atomic E-state index is -1.27. The molecule has 2 unspecified atom stereocenters. The molecule has 2 rings (SSSR count). The van der Waals surface area contributed by atoms with Crippen LogP contribution in [0.25, 0.3) is 0 Å². The third-order valence-electron chi connectivity index (χ3n) is 5.16. The number of phenolic OH excluding ortho intramolecular Hbond substituents is 1. The Hall–Kier alpha value is -2.81. The van der Waals surface area contributed by atoms with Gasteiger partial charge in [-0.05, 0) is 57.7 Å². The second-order valence-electron chi connectivity index (χ2n) is 9.35. The summed E-state index contributed by atoms with van der Waals surface area (Å²) in [6.45, 7) is 6.97. The first-order valence-corrected chi connectivity index (χ1v) is 11.6. The Morgan fingerprint density at radius 3 is 2.45 bits per heavy atom. The Bertz CT molecular complexity index is 819. The van der Waals surface area contributed by atoms with E-state index in [2.05, 4.69) is 17.6 Å². The fraction of sp³-hybridized carbons (Fsp3) is 0.625. The predicted molar refractivity (Wildman–Crippen MR) is 123 cm³/mol. The largest absolute Gasteiger partial charge is 0.508 e. The number of aliphatic hydroxyl groups is 1. The molecule has 1 aromatic rings. The number of nitrogens with zero attached hydrogens (tertiary/aromatic N) is 1. The Morgan fingerprint density at radius 1 is 1.21 bits per heavy atom. The molecule has 0 bridgehead atoms. The number of hydrogen-bond acceptors (Lipinski definition) is 6. The van der Waals surface area contributed by atoms with E-state index >= 15 is 0 Å². The number of hydrogen-bond donors (Lipinski definition) is 4. The van der Waals surface area contributed by atoms with Crippen molar-refractivity contribution in [3.05, 3.63) is 29.8 Å². The second-order valence-corrected chi connectivity index (χ2v) is 9.35. The molecule has 9 nitrogen and oxygen atoms in total. The smallest absolute Gasteiger partial charge is 0.408 e. The first-order valence-electron chi connectivity index (χ1n) is 11.6. The molecule has 0 aliphatic heterocycles. The molecular weight excluding hydrogens is 426 g/mol. The number of nitrogens with one attached hydrogen (secondary N) is 2. The highest BCUT2D eigenvalue weighted by Gasteiger charge is 2.44. The average molecular weight is 464 g/mol. The van der Waals surface area contributed by atoms with Crippen LogP contribution in [-0.2, 0) is 14.3 Å². The summed E-state index contributed by atoms with van der Waals surface area (Å²) in [6.07, 6.45) is 3.36. The van der Waals surface area contributed by atoms with Crippen LogP contribution in [0.1, 0.15) is 71.4 Å². The molecule has 2 atom stereocenters. The lowest BCUT2D eigenvalue weighted by Crippen LogP contribution is -2.55. The van der Waals surface area contributed by atoms with E-state index in [4.69, 9.17) is 4.74 Å². The van der Waals surface area contributed by atoms with Gasteiger partial charge in [0.1, 0.15) is 23.4 Å². The van der Waals surface area contributed by atoms with Gasteiger partial charge in [-0.1, -0.05) is 31.9 Å². The number of benzene rings is 1. The van der Waals surface area contributed by atoms with Gasteiger partial charge < -0.3 is 30.5 Å². The minimum absolute atomic E-state index is 0.0231. The minimum Gasteiger partial charge on any atom is -0.508 e. The number of rotatable bonds is 11. The summed E-state index contributed by atoms with van der Waals surface area (Å²) >= 11 is 0. The Labute approximate surface area is 195 Å². The summed E-state index contributed by atoms with van der Waals surface area (Å²) in [7, 11) is 0. The molecule has 33 heavy (non-hydrogen) atoms. The van der Waals surface area contributed by atoms with Crippen LogP contribution in [0.5, 0.6) is 5.75 Å². The van der Waals surface area contributed by atoms with Crippen LogP contribution in [0, 0.1) is 0 Å². The highest BCUT2D eigenvalue weighted by atomic mass is 16.6. The van der Waals surface area contributed by atoms with E-state index in [1.54, 1.807) is 32.9 Å².